The van der Waals surface area contributed by atoms with Crippen LogP contribution in [0.25, 0.3) is 77.8 Å². The first-order valence-electron chi connectivity index (χ1n) is 22.4. The molecule has 0 saturated heterocycles. The maximum Gasteiger partial charge on any atom is 0.241 e. The molecule has 4 aromatic heterocycles. The van der Waals surface area contributed by atoms with Gasteiger partial charge in [-0.25, -0.2) is 0 Å². The minimum Gasteiger partial charge on any atom is -0.500 e. The zero-order valence-corrected chi connectivity index (χ0v) is 39.3. The zero-order valence-electron chi connectivity index (χ0n) is 36.9. The summed E-state index contributed by atoms with van der Waals surface area (Å²) >= 11 is 0. The number of pyridine rings is 1. The molecule has 0 amide bonds. The van der Waals surface area contributed by atoms with Crippen molar-refractivity contribution >= 4 is 43.7 Å². The number of rotatable bonds is 10. The molecule has 0 aliphatic carbocycles. The van der Waals surface area contributed by atoms with Crippen molar-refractivity contribution in [2.75, 3.05) is 0 Å². The molecule has 0 saturated carbocycles. The summed E-state index contributed by atoms with van der Waals surface area (Å²) in [5.74, 6) is 0.825. The first kappa shape index (κ1) is 43.2. The predicted molar refractivity (Wildman–Crippen MR) is 265 cm³/mol. The molecule has 12 rings (SSSR count). The Kier molecular flexibility index (Phi) is 12.5. The second-order valence-corrected chi connectivity index (χ2v) is 16.6. The minimum atomic E-state index is 0. The van der Waals surface area contributed by atoms with Crippen LogP contribution in [-0.4, -0.2) is 19.1 Å². The standard InChI is InChI=1S/C31H27N3.C29H17N2O.Ir/c1-33-20-21-34(24-33)30-17-14-25(15-18-30)10-11-26-6-5-7-27(22-26)12-13-28-16-19-31(32-23-28)29-8-3-2-4-9-29;1-2-10-20(11-3-1)31-26-16-7-6-15-25(26)30-29(31)24-14-8-13-22-23-18-17-19-9-4-5-12-21(19)27(23)32-28(22)24;/h2-8,14-17,19-23H,10-13H2,1H3;1-13,15-18H;/q-2;-1;. The fourth-order valence-corrected chi connectivity index (χ4v) is 8.76. The summed E-state index contributed by atoms with van der Waals surface area (Å²) in [6, 6.07) is 72.9. The summed E-state index contributed by atoms with van der Waals surface area (Å²) < 4.78 is 12.6. The fourth-order valence-electron chi connectivity index (χ4n) is 8.76. The molecule has 12 aromatic rings. The Morgan fingerprint density at radius 3 is 2.13 bits per heavy atom. The third-order valence-corrected chi connectivity index (χ3v) is 12.2. The Labute approximate surface area is 403 Å². The second-order valence-electron chi connectivity index (χ2n) is 16.6. The van der Waals surface area contributed by atoms with E-state index in [0.717, 1.165) is 98.1 Å². The minimum absolute atomic E-state index is 0. The quantitative estimate of drug-likeness (QED) is 0.101. The van der Waals surface area contributed by atoms with Crippen LogP contribution in [0.2, 0.25) is 0 Å². The van der Waals surface area contributed by atoms with Crippen LogP contribution in [0.1, 0.15) is 22.3 Å². The summed E-state index contributed by atoms with van der Waals surface area (Å²) in [6.45, 7) is 0. The van der Waals surface area contributed by atoms with E-state index in [1.165, 1.54) is 27.6 Å². The SMILES string of the molecule is C[n+]1[c-]n(-c2[c-]cc(CCc3cccc(CCc4ccc(-c5[c-]cccc5)nc4)c3)cc2)cc1.[Ir].[c-]1ccc2c(oc3c4ccccc4ccc23)c1-c1nc2ccccc2n1-c1ccccc1. The van der Waals surface area contributed by atoms with Crippen molar-refractivity contribution in [1.29, 1.82) is 0 Å². The smallest absolute Gasteiger partial charge is 0.241 e. The van der Waals surface area contributed by atoms with E-state index in [1.54, 1.807) is 0 Å². The molecule has 7 heteroatoms. The molecule has 0 unspecified atom stereocenters. The van der Waals surface area contributed by atoms with Gasteiger partial charge in [0.2, 0.25) is 6.33 Å². The van der Waals surface area contributed by atoms with E-state index in [0.29, 0.717) is 0 Å². The van der Waals surface area contributed by atoms with Gasteiger partial charge < -0.3 is 23.1 Å². The van der Waals surface area contributed by atoms with Crippen LogP contribution in [-0.2, 0) is 52.8 Å². The summed E-state index contributed by atoms with van der Waals surface area (Å²) in [5, 5.41) is 4.47. The Bertz CT molecular complexity index is 3590. The van der Waals surface area contributed by atoms with E-state index in [2.05, 4.69) is 149 Å². The maximum absolute atomic E-state index is 6.55. The molecule has 0 aliphatic rings. The van der Waals surface area contributed by atoms with E-state index in [-0.39, 0.29) is 20.1 Å². The normalized spacial score (nSPS) is 11.2. The van der Waals surface area contributed by atoms with E-state index < -0.39 is 0 Å². The largest absolute Gasteiger partial charge is 0.500 e. The van der Waals surface area contributed by atoms with Crippen LogP contribution in [0.15, 0.2) is 205 Å². The van der Waals surface area contributed by atoms with Gasteiger partial charge in [-0.05, 0) is 71.3 Å². The van der Waals surface area contributed by atoms with Gasteiger partial charge in [-0.3, -0.25) is 4.98 Å². The number of hydrogen-bond donors (Lipinski definition) is 0. The van der Waals surface area contributed by atoms with Crippen LogP contribution < -0.4 is 4.57 Å². The third-order valence-electron chi connectivity index (χ3n) is 12.2. The van der Waals surface area contributed by atoms with Gasteiger partial charge in [0, 0.05) is 55.2 Å². The fraction of sp³-hybridized carbons (Fsp3) is 0.0833. The van der Waals surface area contributed by atoms with Crippen molar-refractivity contribution < 1.29 is 29.1 Å². The van der Waals surface area contributed by atoms with Crippen LogP contribution in [0.4, 0.5) is 0 Å². The average Bonchev–Trinajstić information content (AvgIpc) is 4.12. The number of para-hydroxylation sites is 3. The molecule has 327 valence electrons. The monoisotopic (exact) mass is 1040 g/mol. The van der Waals surface area contributed by atoms with Gasteiger partial charge in [-0.1, -0.05) is 126 Å². The summed E-state index contributed by atoms with van der Waals surface area (Å²) in [5.41, 5.74) is 14.0. The number of furan rings is 1. The molecule has 0 bridgehead atoms. The molecular formula is C60H44IrN5O-3. The molecular weight excluding hydrogens is 999 g/mol. The van der Waals surface area contributed by atoms with Gasteiger partial charge in [0.15, 0.2) is 0 Å². The van der Waals surface area contributed by atoms with Crippen LogP contribution in [0, 0.1) is 24.5 Å². The molecule has 0 fully saturated rings. The molecule has 0 aliphatic heterocycles. The maximum atomic E-state index is 6.55. The van der Waals surface area contributed by atoms with Crippen LogP contribution >= 0.6 is 0 Å². The van der Waals surface area contributed by atoms with E-state index in [4.69, 9.17) is 9.40 Å². The van der Waals surface area contributed by atoms with Crippen molar-refractivity contribution in [3.05, 3.63) is 247 Å². The number of hydrogen-bond acceptors (Lipinski definition) is 3. The van der Waals surface area contributed by atoms with Crippen molar-refractivity contribution in [2.45, 2.75) is 25.7 Å². The van der Waals surface area contributed by atoms with Gasteiger partial charge >= 0.3 is 0 Å². The Morgan fingerprint density at radius 2 is 1.36 bits per heavy atom. The predicted octanol–water partition coefficient (Wildman–Crippen LogP) is 12.9. The number of benzene rings is 8. The number of aromatic nitrogens is 5. The number of fused-ring (bicyclic) bond motifs is 6. The van der Waals surface area contributed by atoms with Crippen molar-refractivity contribution in [3.8, 4) is 34.0 Å². The second kappa shape index (κ2) is 19.4. The molecule has 8 aromatic carbocycles. The number of imidazole rings is 2. The molecule has 6 nitrogen and oxygen atoms in total. The van der Waals surface area contributed by atoms with Crippen LogP contribution in [0.3, 0.4) is 0 Å². The van der Waals surface area contributed by atoms with Crippen molar-refractivity contribution in [2.24, 2.45) is 7.05 Å². The summed E-state index contributed by atoms with van der Waals surface area (Å²) in [7, 11) is 1.97. The van der Waals surface area contributed by atoms with E-state index in [9.17, 15) is 0 Å². The van der Waals surface area contributed by atoms with Crippen LogP contribution in [0.5, 0.6) is 0 Å². The first-order valence-corrected chi connectivity index (χ1v) is 22.4. The van der Waals surface area contributed by atoms with Crippen molar-refractivity contribution in [1.82, 2.24) is 19.1 Å². The van der Waals surface area contributed by atoms with Gasteiger partial charge in [-0.15, -0.1) is 54.1 Å². The zero-order chi connectivity index (χ0) is 44.2. The molecule has 0 N–H and O–H groups in total. The molecule has 0 spiro atoms. The third kappa shape index (κ3) is 9.13. The Morgan fingerprint density at radius 1 is 0.597 bits per heavy atom. The van der Waals surface area contributed by atoms with E-state index in [1.807, 2.05) is 102 Å². The van der Waals surface area contributed by atoms with E-state index >= 15 is 0 Å². The molecule has 0 atom stereocenters. The van der Waals surface area contributed by atoms with Gasteiger partial charge in [-0.2, -0.15) is 29.8 Å². The Balaban J connectivity index is 0.000000155. The first-order chi connectivity index (χ1) is 32.6. The average molecular weight is 1040 g/mol. The van der Waals surface area contributed by atoms with Gasteiger partial charge in [0.05, 0.1) is 29.5 Å². The number of aryl methyl sites for hydroxylation is 5. The van der Waals surface area contributed by atoms with Gasteiger partial charge in [0.1, 0.15) is 5.58 Å². The molecule has 67 heavy (non-hydrogen) atoms. The summed E-state index contributed by atoms with van der Waals surface area (Å²) in [6.07, 6.45) is 13.2. The Hall–Kier alpha value is -7.70. The number of nitrogens with zero attached hydrogens (tertiary/aromatic N) is 5. The molecule has 4 heterocycles. The van der Waals surface area contributed by atoms with Crippen molar-refractivity contribution in [3.63, 3.8) is 0 Å². The summed E-state index contributed by atoms with van der Waals surface area (Å²) in [4.78, 5) is 9.64. The van der Waals surface area contributed by atoms with Gasteiger partial charge in [0.25, 0.3) is 0 Å². The molecule has 1 radical (unpaired) electrons. The topological polar surface area (TPSA) is 52.7 Å².